The van der Waals surface area contributed by atoms with Crippen LogP contribution in [0.2, 0.25) is 0 Å². The van der Waals surface area contributed by atoms with Crippen molar-refractivity contribution in [2.45, 2.75) is 38.7 Å². The van der Waals surface area contributed by atoms with E-state index in [1.165, 1.54) is 23.1 Å². The summed E-state index contributed by atoms with van der Waals surface area (Å²) in [5.74, 6) is 1.11. The monoisotopic (exact) mass is 484 g/mol. The molecular formula is C24H28N4O3S2. The molecule has 3 heterocycles. The van der Waals surface area contributed by atoms with Crippen molar-refractivity contribution in [3.05, 3.63) is 62.0 Å². The van der Waals surface area contributed by atoms with Crippen molar-refractivity contribution >= 4 is 45.1 Å². The minimum absolute atomic E-state index is 0.00833. The van der Waals surface area contributed by atoms with Gasteiger partial charge in [-0.05, 0) is 45.4 Å². The first-order valence-corrected chi connectivity index (χ1v) is 12.9. The molecule has 1 atom stereocenters. The van der Waals surface area contributed by atoms with Crippen molar-refractivity contribution in [2.75, 3.05) is 26.2 Å². The maximum atomic E-state index is 12.9. The first kappa shape index (κ1) is 23.5. The number of rotatable bonds is 5. The maximum Gasteiger partial charge on any atom is 0.259 e. The zero-order chi connectivity index (χ0) is 23.7. The van der Waals surface area contributed by atoms with Crippen molar-refractivity contribution in [3.8, 4) is 0 Å². The topological polar surface area (TPSA) is 86.4 Å². The number of aromatic amines is 1. The van der Waals surface area contributed by atoms with E-state index >= 15 is 0 Å². The van der Waals surface area contributed by atoms with E-state index < -0.39 is 0 Å². The van der Waals surface area contributed by atoms with Crippen molar-refractivity contribution in [3.63, 3.8) is 0 Å². The third-order valence-electron chi connectivity index (χ3n) is 6.08. The van der Waals surface area contributed by atoms with Crippen molar-refractivity contribution in [1.29, 1.82) is 0 Å². The van der Waals surface area contributed by atoms with E-state index in [1.807, 2.05) is 56.9 Å². The van der Waals surface area contributed by atoms with Gasteiger partial charge in [0.1, 0.15) is 10.7 Å². The second kappa shape index (κ2) is 9.69. The summed E-state index contributed by atoms with van der Waals surface area (Å²) in [6.45, 7) is 9.91. The number of amides is 2. The van der Waals surface area contributed by atoms with Crippen LogP contribution in [0, 0.1) is 20.8 Å². The number of benzene rings is 1. The largest absolute Gasteiger partial charge is 0.338 e. The first-order valence-electron chi connectivity index (χ1n) is 11.0. The SMILES string of the molecule is Cc1ccc(C(=O)N2CCN(C(=O)C(C)SCc3nc4sc(C)c(C)c4c(=O)[nH]3)CC2)cc1. The Kier molecular flexibility index (Phi) is 6.90. The minimum Gasteiger partial charge on any atom is -0.338 e. The molecule has 174 valence electrons. The average Bonchev–Trinajstić information content (AvgIpc) is 3.10. The molecule has 2 aromatic heterocycles. The van der Waals surface area contributed by atoms with Crippen LogP contribution in [0.3, 0.4) is 0 Å². The third-order valence-corrected chi connectivity index (χ3v) is 8.33. The van der Waals surface area contributed by atoms with E-state index in [1.54, 1.807) is 4.90 Å². The molecule has 1 unspecified atom stereocenters. The number of piperazine rings is 1. The van der Waals surface area contributed by atoms with Crippen molar-refractivity contribution in [2.24, 2.45) is 0 Å². The third kappa shape index (κ3) is 4.99. The van der Waals surface area contributed by atoms with E-state index in [0.717, 1.165) is 20.8 Å². The fourth-order valence-corrected chi connectivity index (χ4v) is 5.79. The number of nitrogens with one attached hydrogen (secondary N) is 1. The maximum absolute atomic E-state index is 12.9. The molecular weight excluding hydrogens is 456 g/mol. The molecule has 9 heteroatoms. The normalized spacial score (nSPS) is 15.2. The Morgan fingerprint density at radius 3 is 2.39 bits per heavy atom. The number of carbonyl (C=O) groups is 2. The molecule has 3 aromatic rings. The highest BCUT2D eigenvalue weighted by Crippen LogP contribution is 2.27. The van der Waals surface area contributed by atoms with Gasteiger partial charge < -0.3 is 14.8 Å². The fourth-order valence-electron chi connectivity index (χ4n) is 3.91. The Morgan fingerprint density at radius 2 is 1.73 bits per heavy atom. The molecule has 0 radical (unpaired) electrons. The molecule has 2 amide bonds. The Labute approximate surface area is 201 Å². The number of hydrogen-bond acceptors (Lipinski definition) is 6. The van der Waals surface area contributed by atoms with Gasteiger partial charge in [0.15, 0.2) is 0 Å². The van der Waals surface area contributed by atoms with Gasteiger partial charge in [-0.3, -0.25) is 14.4 Å². The Balaban J connectivity index is 1.32. The van der Waals surface area contributed by atoms with Crippen LogP contribution in [0.25, 0.3) is 10.2 Å². The van der Waals surface area contributed by atoms with Crippen LogP contribution in [-0.2, 0) is 10.5 Å². The van der Waals surface area contributed by atoms with Gasteiger partial charge in [-0.15, -0.1) is 23.1 Å². The van der Waals surface area contributed by atoms with Crippen LogP contribution >= 0.6 is 23.1 Å². The number of hydrogen-bond donors (Lipinski definition) is 1. The number of thioether (sulfide) groups is 1. The van der Waals surface area contributed by atoms with E-state index in [0.29, 0.717) is 48.7 Å². The number of carbonyl (C=O) groups excluding carboxylic acids is 2. The summed E-state index contributed by atoms with van der Waals surface area (Å²) in [4.78, 5) is 51.0. The summed E-state index contributed by atoms with van der Waals surface area (Å²) >= 11 is 2.99. The highest BCUT2D eigenvalue weighted by Gasteiger charge is 2.27. The quantitative estimate of drug-likeness (QED) is 0.599. The summed E-state index contributed by atoms with van der Waals surface area (Å²) in [7, 11) is 0. The van der Waals surface area contributed by atoms with Crippen molar-refractivity contribution < 1.29 is 9.59 Å². The first-order chi connectivity index (χ1) is 15.7. The summed E-state index contributed by atoms with van der Waals surface area (Å²) in [6.07, 6.45) is 0. The van der Waals surface area contributed by atoms with Crippen LogP contribution in [-0.4, -0.2) is 63.0 Å². The van der Waals surface area contributed by atoms with Crippen molar-refractivity contribution in [1.82, 2.24) is 19.8 Å². The molecule has 1 aliphatic rings. The second-order valence-corrected chi connectivity index (χ2v) is 10.9. The van der Waals surface area contributed by atoms with Crippen LogP contribution in [0.1, 0.15) is 39.1 Å². The molecule has 0 aliphatic carbocycles. The molecule has 33 heavy (non-hydrogen) atoms. The molecule has 1 N–H and O–H groups in total. The zero-order valence-electron chi connectivity index (χ0n) is 19.3. The van der Waals surface area contributed by atoms with Crippen LogP contribution in [0.15, 0.2) is 29.1 Å². The molecule has 0 saturated carbocycles. The van der Waals surface area contributed by atoms with Gasteiger partial charge in [-0.25, -0.2) is 4.98 Å². The number of aryl methyl sites for hydroxylation is 3. The van der Waals surface area contributed by atoms with E-state index in [9.17, 15) is 14.4 Å². The van der Waals surface area contributed by atoms with Gasteiger partial charge in [-0.1, -0.05) is 17.7 Å². The highest BCUT2D eigenvalue weighted by molar-refractivity contribution is 7.99. The molecule has 4 rings (SSSR count). The van der Waals surface area contributed by atoms with E-state index in [4.69, 9.17) is 0 Å². The lowest BCUT2D eigenvalue weighted by Gasteiger charge is -2.36. The summed E-state index contributed by atoms with van der Waals surface area (Å²) in [6, 6.07) is 7.57. The predicted octanol–water partition coefficient (Wildman–Crippen LogP) is 3.52. The highest BCUT2D eigenvalue weighted by atomic mass is 32.2. The number of H-pyrrole nitrogens is 1. The lowest BCUT2D eigenvalue weighted by molar-refractivity contribution is -0.131. The molecule has 1 aliphatic heterocycles. The Bertz CT molecular complexity index is 1240. The van der Waals surface area contributed by atoms with Crippen LogP contribution in [0.5, 0.6) is 0 Å². The smallest absolute Gasteiger partial charge is 0.259 e. The number of fused-ring (bicyclic) bond motifs is 1. The van der Waals surface area contributed by atoms with Crippen LogP contribution < -0.4 is 5.56 Å². The predicted molar refractivity (Wildman–Crippen MR) is 134 cm³/mol. The standard InChI is InChI=1S/C24H28N4O3S2/c1-14-5-7-18(8-6-14)24(31)28-11-9-27(10-12-28)23(30)17(4)32-13-19-25-21(29)20-15(2)16(3)33-22(20)26-19/h5-8,17H,9-13H2,1-4H3,(H,25,26,29). The summed E-state index contributed by atoms with van der Waals surface area (Å²) < 4.78 is 0. The van der Waals surface area contributed by atoms with Gasteiger partial charge >= 0.3 is 0 Å². The van der Waals surface area contributed by atoms with E-state index in [2.05, 4.69) is 9.97 Å². The number of nitrogens with zero attached hydrogens (tertiary/aromatic N) is 3. The number of aromatic nitrogens is 2. The zero-order valence-corrected chi connectivity index (χ0v) is 20.9. The molecule has 0 bridgehead atoms. The van der Waals surface area contributed by atoms with Gasteiger partial charge in [0.05, 0.1) is 16.4 Å². The molecule has 1 aromatic carbocycles. The van der Waals surface area contributed by atoms with Crippen LogP contribution in [0.4, 0.5) is 0 Å². The number of thiophene rings is 1. The Morgan fingerprint density at radius 1 is 1.09 bits per heavy atom. The molecule has 7 nitrogen and oxygen atoms in total. The summed E-state index contributed by atoms with van der Waals surface area (Å²) in [5.41, 5.74) is 2.66. The fraction of sp³-hybridized carbons (Fsp3) is 0.417. The Hall–Kier alpha value is -2.65. The summed E-state index contributed by atoms with van der Waals surface area (Å²) in [5, 5.41) is 0.394. The van der Waals surface area contributed by atoms with Gasteiger partial charge in [0.25, 0.3) is 11.5 Å². The molecule has 1 saturated heterocycles. The van der Waals surface area contributed by atoms with Gasteiger partial charge in [-0.2, -0.15) is 0 Å². The lowest BCUT2D eigenvalue weighted by atomic mass is 10.1. The molecule has 0 spiro atoms. The average molecular weight is 485 g/mol. The second-order valence-electron chi connectivity index (χ2n) is 8.41. The minimum atomic E-state index is -0.267. The lowest BCUT2D eigenvalue weighted by Crippen LogP contribution is -2.52. The van der Waals surface area contributed by atoms with E-state index in [-0.39, 0.29) is 22.6 Å². The van der Waals surface area contributed by atoms with Gasteiger partial charge in [0, 0.05) is 36.6 Å². The molecule has 1 fully saturated rings. The van der Waals surface area contributed by atoms with Gasteiger partial charge in [0.2, 0.25) is 5.91 Å².